The van der Waals surface area contributed by atoms with Crippen molar-refractivity contribution in [3.8, 4) is 17.6 Å². The van der Waals surface area contributed by atoms with Crippen LogP contribution in [-0.4, -0.2) is 9.55 Å². The molecule has 2 heterocycles. The van der Waals surface area contributed by atoms with Crippen molar-refractivity contribution >= 4 is 11.3 Å². The van der Waals surface area contributed by atoms with Crippen molar-refractivity contribution in [1.82, 2.24) is 9.55 Å². The number of ether oxygens (including phenoxy) is 1. The zero-order valence-electron chi connectivity index (χ0n) is 17.1. The standard InChI is InChI=1S/C22H20N2O2S.C2H6/c1-16-10-20(26-14-21-12-23-15-27-21)11-22(25)24(16)13-19-8-6-18(7-9-19)5-4-17-2-3-17;1-2/h6-12,15,17H,2-3,13-14H2,1H3;1-2H3. The summed E-state index contributed by atoms with van der Waals surface area (Å²) in [6.07, 6.45) is 4.24. The summed E-state index contributed by atoms with van der Waals surface area (Å²) in [5, 5.41) is 0. The number of aromatic nitrogens is 2. The molecule has 5 heteroatoms. The topological polar surface area (TPSA) is 44.1 Å². The highest BCUT2D eigenvalue weighted by Gasteiger charge is 2.17. The SMILES string of the molecule is CC.Cc1cc(OCc2cncs2)cc(=O)n1Cc1ccc(C#CC2CC2)cc1. The molecule has 4 rings (SSSR count). The second-order valence-electron chi connectivity index (χ2n) is 6.75. The lowest BCUT2D eigenvalue weighted by atomic mass is 10.1. The summed E-state index contributed by atoms with van der Waals surface area (Å²) in [7, 11) is 0. The van der Waals surface area contributed by atoms with Crippen molar-refractivity contribution in [2.24, 2.45) is 5.92 Å². The highest BCUT2D eigenvalue weighted by Crippen LogP contribution is 2.27. The van der Waals surface area contributed by atoms with Gasteiger partial charge in [-0.1, -0.05) is 37.8 Å². The predicted molar refractivity (Wildman–Crippen MR) is 118 cm³/mol. The van der Waals surface area contributed by atoms with Gasteiger partial charge in [0.05, 0.1) is 16.9 Å². The number of pyridine rings is 1. The van der Waals surface area contributed by atoms with E-state index in [1.807, 2.05) is 51.1 Å². The second-order valence-corrected chi connectivity index (χ2v) is 7.72. The number of benzene rings is 1. The Morgan fingerprint density at radius 3 is 2.59 bits per heavy atom. The van der Waals surface area contributed by atoms with Crippen LogP contribution in [0.15, 0.2) is 52.9 Å². The molecule has 1 aliphatic rings. The van der Waals surface area contributed by atoms with Gasteiger partial charge in [-0.3, -0.25) is 9.78 Å². The van der Waals surface area contributed by atoms with Crippen molar-refractivity contribution in [3.63, 3.8) is 0 Å². The predicted octanol–water partition coefficient (Wildman–Crippen LogP) is 5.03. The van der Waals surface area contributed by atoms with Gasteiger partial charge in [-0.05, 0) is 43.5 Å². The van der Waals surface area contributed by atoms with Gasteiger partial charge in [0.25, 0.3) is 5.56 Å². The molecular formula is C24H26N2O2S. The van der Waals surface area contributed by atoms with Gasteiger partial charge < -0.3 is 9.30 Å². The van der Waals surface area contributed by atoms with E-state index in [1.165, 1.54) is 24.2 Å². The van der Waals surface area contributed by atoms with E-state index in [4.69, 9.17) is 4.74 Å². The van der Waals surface area contributed by atoms with Crippen LogP contribution in [0.25, 0.3) is 0 Å². The Labute approximate surface area is 176 Å². The third kappa shape index (κ3) is 6.07. The first-order valence-electron chi connectivity index (χ1n) is 9.99. The van der Waals surface area contributed by atoms with Gasteiger partial charge in [0.15, 0.2) is 0 Å². The molecule has 0 aliphatic heterocycles. The van der Waals surface area contributed by atoms with Crippen LogP contribution in [-0.2, 0) is 13.2 Å². The average Bonchev–Trinajstić information content (AvgIpc) is 3.42. The van der Waals surface area contributed by atoms with Crippen LogP contribution in [0, 0.1) is 24.7 Å². The van der Waals surface area contributed by atoms with E-state index in [0.29, 0.717) is 24.8 Å². The number of nitrogens with zero attached hydrogens (tertiary/aromatic N) is 2. The van der Waals surface area contributed by atoms with Crippen molar-refractivity contribution in [2.45, 2.75) is 46.8 Å². The minimum Gasteiger partial charge on any atom is -0.488 e. The van der Waals surface area contributed by atoms with Crippen molar-refractivity contribution in [1.29, 1.82) is 0 Å². The van der Waals surface area contributed by atoms with Crippen LogP contribution < -0.4 is 10.3 Å². The van der Waals surface area contributed by atoms with E-state index in [9.17, 15) is 4.79 Å². The van der Waals surface area contributed by atoms with Gasteiger partial charge in [-0.25, -0.2) is 0 Å². The highest BCUT2D eigenvalue weighted by atomic mass is 32.1. The normalized spacial score (nSPS) is 12.4. The molecule has 0 bridgehead atoms. The van der Waals surface area contributed by atoms with Crippen molar-refractivity contribution < 1.29 is 4.74 Å². The van der Waals surface area contributed by atoms with E-state index in [2.05, 4.69) is 16.8 Å². The van der Waals surface area contributed by atoms with Crippen LogP contribution in [0.3, 0.4) is 0 Å². The fraction of sp³-hybridized carbons (Fsp3) is 0.333. The first-order chi connectivity index (χ1) is 14.2. The maximum absolute atomic E-state index is 12.5. The molecule has 1 aliphatic carbocycles. The maximum atomic E-state index is 12.5. The Morgan fingerprint density at radius 2 is 1.97 bits per heavy atom. The summed E-state index contributed by atoms with van der Waals surface area (Å²) in [5.41, 5.74) is 4.69. The molecule has 0 atom stereocenters. The van der Waals surface area contributed by atoms with Crippen molar-refractivity contribution in [2.75, 3.05) is 0 Å². The summed E-state index contributed by atoms with van der Waals surface area (Å²) < 4.78 is 7.48. The minimum absolute atomic E-state index is 0.0630. The molecule has 3 aromatic rings. The number of aryl methyl sites for hydroxylation is 1. The largest absolute Gasteiger partial charge is 0.488 e. The molecule has 1 saturated carbocycles. The van der Waals surface area contributed by atoms with E-state index in [-0.39, 0.29) is 5.56 Å². The minimum atomic E-state index is -0.0630. The average molecular weight is 407 g/mol. The number of rotatable bonds is 5. The molecule has 0 spiro atoms. The van der Waals surface area contributed by atoms with Crippen LogP contribution in [0.2, 0.25) is 0 Å². The Bertz CT molecular complexity index is 1040. The number of hydrogen-bond donors (Lipinski definition) is 0. The fourth-order valence-electron chi connectivity index (χ4n) is 2.74. The van der Waals surface area contributed by atoms with E-state index >= 15 is 0 Å². The lowest BCUT2D eigenvalue weighted by Gasteiger charge is -2.12. The molecule has 0 unspecified atom stereocenters. The smallest absolute Gasteiger partial charge is 0.254 e. The maximum Gasteiger partial charge on any atom is 0.254 e. The molecule has 150 valence electrons. The first-order valence-corrected chi connectivity index (χ1v) is 10.9. The molecule has 0 amide bonds. The number of hydrogen-bond acceptors (Lipinski definition) is 4. The molecule has 1 fully saturated rings. The molecule has 0 saturated heterocycles. The summed E-state index contributed by atoms with van der Waals surface area (Å²) in [4.78, 5) is 17.6. The second kappa shape index (κ2) is 10.1. The van der Waals surface area contributed by atoms with E-state index < -0.39 is 0 Å². The van der Waals surface area contributed by atoms with Gasteiger partial charge in [0.2, 0.25) is 0 Å². The summed E-state index contributed by atoms with van der Waals surface area (Å²) in [6.45, 7) is 6.89. The molecular weight excluding hydrogens is 380 g/mol. The lowest BCUT2D eigenvalue weighted by Crippen LogP contribution is -2.22. The van der Waals surface area contributed by atoms with Gasteiger partial charge in [0, 0.05) is 29.4 Å². The van der Waals surface area contributed by atoms with Crippen LogP contribution in [0.1, 0.15) is 48.4 Å². The molecule has 2 aromatic heterocycles. The zero-order chi connectivity index (χ0) is 20.6. The zero-order valence-corrected chi connectivity index (χ0v) is 18.0. The highest BCUT2D eigenvalue weighted by molar-refractivity contribution is 7.09. The van der Waals surface area contributed by atoms with Gasteiger partial charge in [0.1, 0.15) is 12.4 Å². The molecule has 29 heavy (non-hydrogen) atoms. The molecule has 1 aromatic carbocycles. The summed E-state index contributed by atoms with van der Waals surface area (Å²) in [6, 6.07) is 11.6. The third-order valence-corrected chi connectivity index (χ3v) is 5.22. The van der Waals surface area contributed by atoms with Crippen LogP contribution >= 0.6 is 11.3 Å². The Balaban J connectivity index is 0.00000117. The molecule has 4 nitrogen and oxygen atoms in total. The Morgan fingerprint density at radius 1 is 1.21 bits per heavy atom. The van der Waals surface area contributed by atoms with Crippen LogP contribution in [0.5, 0.6) is 5.75 Å². The lowest BCUT2D eigenvalue weighted by molar-refractivity contribution is 0.308. The molecule has 0 radical (unpaired) electrons. The van der Waals surface area contributed by atoms with Gasteiger partial charge >= 0.3 is 0 Å². The Kier molecular flexibility index (Phi) is 7.26. The van der Waals surface area contributed by atoms with Gasteiger partial charge in [-0.15, -0.1) is 11.3 Å². The van der Waals surface area contributed by atoms with Crippen molar-refractivity contribution in [3.05, 3.63) is 80.2 Å². The number of thiazole rings is 1. The molecule has 0 N–H and O–H groups in total. The van der Waals surface area contributed by atoms with Crippen LogP contribution in [0.4, 0.5) is 0 Å². The summed E-state index contributed by atoms with van der Waals surface area (Å²) >= 11 is 1.54. The third-order valence-electron chi connectivity index (χ3n) is 4.47. The summed E-state index contributed by atoms with van der Waals surface area (Å²) in [5.74, 6) is 7.67. The van der Waals surface area contributed by atoms with E-state index in [1.54, 1.807) is 22.3 Å². The Hall–Kier alpha value is -2.84. The fourth-order valence-corrected chi connectivity index (χ4v) is 3.25. The van der Waals surface area contributed by atoms with Gasteiger partial charge in [-0.2, -0.15) is 0 Å². The first kappa shape index (κ1) is 20.9. The quantitative estimate of drug-likeness (QED) is 0.558. The van der Waals surface area contributed by atoms with E-state index in [0.717, 1.165) is 21.7 Å². The monoisotopic (exact) mass is 406 g/mol.